The van der Waals surface area contributed by atoms with Gasteiger partial charge in [-0.05, 0) is 23.8 Å². The summed E-state index contributed by atoms with van der Waals surface area (Å²) in [6, 6.07) is 11.9. The second-order valence-corrected chi connectivity index (χ2v) is 5.23. The van der Waals surface area contributed by atoms with Crippen LogP contribution >= 0.6 is 0 Å². The summed E-state index contributed by atoms with van der Waals surface area (Å²) in [7, 11) is 1.33. The van der Waals surface area contributed by atoms with Crippen LogP contribution in [0, 0.1) is 0 Å². The number of hydrogen-bond acceptors (Lipinski definition) is 3. The maximum absolute atomic E-state index is 12.8. The number of alkyl halides is 3. The van der Waals surface area contributed by atoms with Gasteiger partial charge in [-0.3, -0.25) is 4.79 Å². The highest BCUT2D eigenvalue weighted by Crippen LogP contribution is 2.33. The van der Waals surface area contributed by atoms with Crippen molar-refractivity contribution in [2.45, 2.75) is 12.7 Å². The number of nitrogens with zero attached hydrogens (tertiary/aromatic N) is 2. The molecule has 1 aliphatic heterocycles. The zero-order valence-corrected chi connectivity index (χ0v) is 12.7. The van der Waals surface area contributed by atoms with Crippen LogP contribution < -0.4 is 4.90 Å². The molecule has 0 spiro atoms. The lowest BCUT2D eigenvalue weighted by Gasteiger charge is -2.17. The van der Waals surface area contributed by atoms with E-state index in [1.54, 1.807) is 30.3 Å². The van der Waals surface area contributed by atoms with Crippen molar-refractivity contribution in [2.75, 3.05) is 12.0 Å². The van der Waals surface area contributed by atoms with Crippen molar-refractivity contribution in [1.29, 1.82) is 0 Å². The number of amides is 1. The first kappa shape index (κ1) is 16.0. The van der Waals surface area contributed by atoms with Crippen LogP contribution in [0.5, 0.6) is 0 Å². The number of rotatable bonds is 3. The molecule has 0 fully saturated rings. The molecule has 3 rings (SSSR count). The van der Waals surface area contributed by atoms with Crippen LogP contribution in [0.15, 0.2) is 53.7 Å². The van der Waals surface area contributed by atoms with Crippen molar-refractivity contribution in [3.05, 3.63) is 65.2 Å². The predicted octanol–water partition coefficient (Wildman–Crippen LogP) is 3.60. The van der Waals surface area contributed by atoms with E-state index in [4.69, 9.17) is 4.84 Å². The molecule has 0 atom stereocenters. The highest BCUT2D eigenvalue weighted by atomic mass is 19.4. The smallest absolute Gasteiger partial charge is 0.398 e. The van der Waals surface area contributed by atoms with E-state index >= 15 is 0 Å². The Kier molecular flexibility index (Phi) is 4.01. The molecule has 24 heavy (non-hydrogen) atoms. The minimum absolute atomic E-state index is 0.0164. The molecule has 2 aromatic carbocycles. The third-order valence-corrected chi connectivity index (χ3v) is 3.68. The van der Waals surface area contributed by atoms with E-state index in [9.17, 15) is 18.0 Å². The fourth-order valence-corrected chi connectivity index (χ4v) is 2.63. The van der Waals surface area contributed by atoms with Gasteiger partial charge >= 0.3 is 6.18 Å². The Morgan fingerprint density at radius 2 is 1.88 bits per heavy atom. The van der Waals surface area contributed by atoms with E-state index in [2.05, 4.69) is 5.16 Å². The normalized spacial score (nSPS) is 15.8. The molecule has 0 saturated carbocycles. The SMILES string of the molecule is CO/N=C1/C(=O)N(Cc2cccc(C(F)(F)F)c2)c2ccccc21. The van der Waals surface area contributed by atoms with Crippen LogP contribution in [0.4, 0.5) is 18.9 Å². The third kappa shape index (κ3) is 2.84. The second-order valence-electron chi connectivity index (χ2n) is 5.23. The number of anilines is 1. The molecule has 1 heterocycles. The average Bonchev–Trinajstić information content (AvgIpc) is 2.81. The fraction of sp³-hybridized carbons (Fsp3) is 0.176. The monoisotopic (exact) mass is 334 g/mol. The van der Waals surface area contributed by atoms with Gasteiger partial charge in [0.1, 0.15) is 7.11 Å². The first-order valence-electron chi connectivity index (χ1n) is 7.10. The van der Waals surface area contributed by atoms with Crippen molar-refractivity contribution < 1.29 is 22.8 Å². The Morgan fingerprint density at radius 1 is 1.12 bits per heavy atom. The highest BCUT2D eigenvalue weighted by molar-refractivity contribution is 6.54. The van der Waals surface area contributed by atoms with Crippen molar-refractivity contribution in [3.8, 4) is 0 Å². The van der Waals surface area contributed by atoms with Gasteiger partial charge in [0.05, 0.1) is 17.8 Å². The zero-order chi connectivity index (χ0) is 17.3. The highest BCUT2D eigenvalue weighted by Gasteiger charge is 2.35. The average molecular weight is 334 g/mol. The van der Waals surface area contributed by atoms with Gasteiger partial charge in [-0.2, -0.15) is 13.2 Å². The van der Waals surface area contributed by atoms with Crippen LogP contribution in [0.1, 0.15) is 16.7 Å². The number of carbonyl (C=O) groups excluding carboxylic acids is 1. The minimum atomic E-state index is -4.42. The third-order valence-electron chi connectivity index (χ3n) is 3.68. The molecule has 0 aromatic heterocycles. The zero-order valence-electron chi connectivity index (χ0n) is 12.7. The lowest BCUT2D eigenvalue weighted by Crippen LogP contribution is -2.29. The lowest BCUT2D eigenvalue weighted by molar-refractivity contribution is -0.137. The summed E-state index contributed by atoms with van der Waals surface area (Å²) in [5.41, 5.74) is 0.962. The van der Waals surface area contributed by atoms with E-state index in [1.807, 2.05) is 0 Å². The summed E-state index contributed by atoms with van der Waals surface area (Å²) in [6.45, 7) is 0.0164. The molecule has 0 aliphatic carbocycles. The van der Waals surface area contributed by atoms with Gasteiger partial charge in [0.15, 0.2) is 5.71 Å². The largest absolute Gasteiger partial charge is 0.416 e. The Morgan fingerprint density at radius 3 is 2.58 bits per heavy atom. The van der Waals surface area contributed by atoms with Gasteiger partial charge in [0.25, 0.3) is 5.91 Å². The number of oxime groups is 1. The van der Waals surface area contributed by atoms with Gasteiger partial charge in [-0.15, -0.1) is 0 Å². The molecule has 0 bridgehead atoms. The summed E-state index contributed by atoms with van der Waals surface area (Å²) in [4.78, 5) is 18.6. The van der Waals surface area contributed by atoms with E-state index in [0.717, 1.165) is 12.1 Å². The molecule has 0 saturated heterocycles. The van der Waals surface area contributed by atoms with E-state index < -0.39 is 17.6 Å². The lowest BCUT2D eigenvalue weighted by atomic mass is 10.1. The maximum atomic E-state index is 12.8. The van der Waals surface area contributed by atoms with E-state index in [-0.39, 0.29) is 12.3 Å². The van der Waals surface area contributed by atoms with Crippen LogP contribution in [0.25, 0.3) is 0 Å². The molecule has 0 N–H and O–H groups in total. The maximum Gasteiger partial charge on any atom is 0.416 e. The Balaban J connectivity index is 1.97. The number of para-hydroxylation sites is 1. The van der Waals surface area contributed by atoms with Crippen LogP contribution in [0.2, 0.25) is 0 Å². The summed E-state index contributed by atoms with van der Waals surface area (Å²) in [5, 5.41) is 3.74. The molecule has 124 valence electrons. The summed E-state index contributed by atoms with van der Waals surface area (Å²) in [5.74, 6) is -0.407. The summed E-state index contributed by atoms with van der Waals surface area (Å²) < 4.78 is 38.5. The second kappa shape index (κ2) is 5.99. The number of fused-ring (bicyclic) bond motifs is 1. The first-order chi connectivity index (χ1) is 11.4. The van der Waals surface area contributed by atoms with Crippen LogP contribution in [-0.4, -0.2) is 18.7 Å². The van der Waals surface area contributed by atoms with Crippen LogP contribution in [0.3, 0.4) is 0 Å². The molecule has 1 aliphatic rings. The number of hydrogen-bond donors (Lipinski definition) is 0. The quantitative estimate of drug-likeness (QED) is 0.805. The number of benzene rings is 2. The van der Waals surface area contributed by atoms with Gasteiger partial charge in [0.2, 0.25) is 0 Å². The van der Waals surface area contributed by atoms with Crippen LogP contribution in [-0.2, 0) is 22.4 Å². The number of carbonyl (C=O) groups is 1. The Bertz CT molecular complexity index is 815. The standard InChI is InChI=1S/C17H13F3N2O2/c1-24-21-15-13-7-2-3-8-14(13)22(16(15)23)10-11-5-4-6-12(9-11)17(18,19)20/h2-9H,10H2,1H3/b21-15+. The minimum Gasteiger partial charge on any atom is -0.398 e. The molecule has 1 amide bonds. The molecule has 4 nitrogen and oxygen atoms in total. The molecular formula is C17H13F3N2O2. The molecule has 2 aromatic rings. The van der Waals surface area contributed by atoms with E-state index in [1.165, 1.54) is 18.1 Å². The van der Waals surface area contributed by atoms with Gasteiger partial charge in [-0.1, -0.05) is 35.5 Å². The van der Waals surface area contributed by atoms with Gasteiger partial charge < -0.3 is 9.74 Å². The molecule has 0 unspecified atom stereocenters. The Hall–Kier alpha value is -2.83. The Labute approximate surface area is 136 Å². The van der Waals surface area contributed by atoms with Crippen molar-refractivity contribution in [2.24, 2.45) is 5.16 Å². The fourth-order valence-electron chi connectivity index (χ4n) is 2.63. The van der Waals surface area contributed by atoms with E-state index in [0.29, 0.717) is 16.8 Å². The summed E-state index contributed by atoms with van der Waals surface area (Å²) in [6.07, 6.45) is -4.42. The van der Waals surface area contributed by atoms with Gasteiger partial charge in [0, 0.05) is 5.56 Å². The topological polar surface area (TPSA) is 41.9 Å². The predicted molar refractivity (Wildman–Crippen MR) is 82.6 cm³/mol. The van der Waals surface area contributed by atoms with Gasteiger partial charge in [-0.25, -0.2) is 0 Å². The molecule has 0 radical (unpaired) electrons. The molecule has 7 heteroatoms. The summed E-state index contributed by atoms with van der Waals surface area (Å²) >= 11 is 0. The van der Waals surface area contributed by atoms with Crippen molar-refractivity contribution in [1.82, 2.24) is 0 Å². The molecular weight excluding hydrogens is 321 g/mol. The van der Waals surface area contributed by atoms with Crippen molar-refractivity contribution in [3.63, 3.8) is 0 Å². The number of halogens is 3. The van der Waals surface area contributed by atoms with Crippen molar-refractivity contribution >= 4 is 17.3 Å². The first-order valence-corrected chi connectivity index (χ1v) is 7.10.